The number of aromatic nitrogens is 3. The van der Waals surface area contributed by atoms with Crippen molar-refractivity contribution >= 4 is 11.0 Å². The molecule has 1 aliphatic heterocycles. The Morgan fingerprint density at radius 2 is 1.96 bits per heavy atom. The summed E-state index contributed by atoms with van der Waals surface area (Å²) in [7, 11) is 3.54. The van der Waals surface area contributed by atoms with Gasteiger partial charge in [-0.2, -0.15) is 0 Å². The molecule has 2 aromatic heterocycles. The number of fused-ring (bicyclic) bond motifs is 1. The number of halogens is 1. The quantitative estimate of drug-likeness (QED) is 0.668. The number of imidazole rings is 1. The Balaban J connectivity index is 1.37. The molecule has 27 heavy (non-hydrogen) atoms. The zero-order chi connectivity index (χ0) is 18.8. The second-order valence-corrected chi connectivity index (χ2v) is 6.81. The molecule has 0 amide bonds. The van der Waals surface area contributed by atoms with Crippen molar-refractivity contribution in [3.05, 3.63) is 54.0 Å². The first-order chi connectivity index (χ1) is 13.1. The summed E-state index contributed by atoms with van der Waals surface area (Å²) in [6.45, 7) is 1.74. The Hall–Kier alpha value is -2.51. The van der Waals surface area contributed by atoms with Crippen molar-refractivity contribution in [2.75, 3.05) is 20.2 Å². The Bertz CT molecular complexity index is 929. The molecule has 142 valence electrons. The standard InChI is InChI=1S/C20H23FN4O2/c1-24-17-8-4-3-7-16(17)23-19(24)13-27-18-12-25(11-15(18)21)10-14-6-5-9-20(22-14)26-2/h3-9,15,18H,10-13H2,1-2H3. The molecule has 2 unspecified atom stereocenters. The minimum Gasteiger partial charge on any atom is -0.481 e. The molecule has 0 spiro atoms. The van der Waals surface area contributed by atoms with E-state index >= 15 is 0 Å². The fourth-order valence-corrected chi connectivity index (χ4v) is 3.49. The van der Waals surface area contributed by atoms with Crippen LogP contribution in [0.5, 0.6) is 5.88 Å². The third kappa shape index (κ3) is 3.79. The number of para-hydroxylation sites is 2. The SMILES string of the molecule is COc1cccc(CN2CC(F)C(OCc3nc4ccccc4n3C)C2)n1. The molecule has 1 fully saturated rings. The van der Waals surface area contributed by atoms with Crippen LogP contribution in [0.2, 0.25) is 0 Å². The molecule has 1 aromatic carbocycles. The van der Waals surface area contributed by atoms with Gasteiger partial charge in [0.1, 0.15) is 24.7 Å². The smallest absolute Gasteiger partial charge is 0.213 e. The van der Waals surface area contributed by atoms with Gasteiger partial charge in [0, 0.05) is 32.7 Å². The number of benzene rings is 1. The molecule has 0 saturated carbocycles. The molecule has 0 aliphatic carbocycles. The van der Waals surface area contributed by atoms with Crippen LogP contribution in [0.15, 0.2) is 42.5 Å². The van der Waals surface area contributed by atoms with Crippen LogP contribution in [-0.2, 0) is 24.9 Å². The first kappa shape index (κ1) is 17.9. The van der Waals surface area contributed by atoms with Crippen molar-refractivity contribution in [1.29, 1.82) is 0 Å². The second kappa shape index (κ2) is 7.62. The number of methoxy groups -OCH3 is 1. The third-order valence-electron chi connectivity index (χ3n) is 4.96. The van der Waals surface area contributed by atoms with E-state index in [1.54, 1.807) is 13.2 Å². The van der Waals surface area contributed by atoms with Crippen molar-refractivity contribution in [2.24, 2.45) is 7.05 Å². The maximum atomic E-state index is 14.5. The predicted molar refractivity (Wildman–Crippen MR) is 100 cm³/mol. The number of aryl methyl sites for hydroxylation is 1. The number of hydrogen-bond acceptors (Lipinski definition) is 5. The van der Waals surface area contributed by atoms with Gasteiger partial charge in [0.25, 0.3) is 0 Å². The molecule has 6 nitrogen and oxygen atoms in total. The van der Waals surface area contributed by atoms with Crippen molar-refractivity contribution < 1.29 is 13.9 Å². The lowest BCUT2D eigenvalue weighted by Gasteiger charge is -2.15. The van der Waals surface area contributed by atoms with Crippen molar-refractivity contribution in [3.63, 3.8) is 0 Å². The molecule has 0 bridgehead atoms. The number of ether oxygens (including phenoxy) is 2. The highest BCUT2D eigenvalue weighted by Crippen LogP contribution is 2.21. The largest absolute Gasteiger partial charge is 0.481 e. The van der Waals surface area contributed by atoms with Crippen LogP contribution >= 0.6 is 0 Å². The van der Waals surface area contributed by atoms with Crippen molar-refractivity contribution in [1.82, 2.24) is 19.4 Å². The van der Waals surface area contributed by atoms with Gasteiger partial charge in [0.2, 0.25) is 5.88 Å². The summed E-state index contributed by atoms with van der Waals surface area (Å²) >= 11 is 0. The lowest BCUT2D eigenvalue weighted by atomic mass is 10.3. The molecule has 7 heteroatoms. The first-order valence-electron chi connectivity index (χ1n) is 9.02. The maximum Gasteiger partial charge on any atom is 0.213 e. The summed E-state index contributed by atoms with van der Waals surface area (Å²) in [4.78, 5) is 11.0. The molecular formula is C20H23FN4O2. The zero-order valence-corrected chi connectivity index (χ0v) is 15.5. The Morgan fingerprint density at radius 3 is 2.78 bits per heavy atom. The molecule has 0 radical (unpaired) electrons. The van der Waals surface area contributed by atoms with Gasteiger partial charge in [-0.25, -0.2) is 14.4 Å². The fourth-order valence-electron chi connectivity index (χ4n) is 3.49. The Morgan fingerprint density at radius 1 is 1.11 bits per heavy atom. The van der Waals surface area contributed by atoms with Gasteiger partial charge in [-0.1, -0.05) is 18.2 Å². The van der Waals surface area contributed by atoms with Crippen LogP contribution in [0, 0.1) is 0 Å². The monoisotopic (exact) mass is 370 g/mol. The van der Waals surface area contributed by atoms with Gasteiger partial charge < -0.3 is 14.0 Å². The Labute approximate surface area is 157 Å². The molecule has 3 aromatic rings. The number of hydrogen-bond donors (Lipinski definition) is 0. The lowest BCUT2D eigenvalue weighted by Crippen LogP contribution is -2.25. The van der Waals surface area contributed by atoms with Gasteiger partial charge in [-0.15, -0.1) is 0 Å². The van der Waals surface area contributed by atoms with Crippen LogP contribution in [0.1, 0.15) is 11.5 Å². The van der Waals surface area contributed by atoms with E-state index in [0.717, 1.165) is 22.6 Å². The molecular weight excluding hydrogens is 347 g/mol. The normalized spacial score (nSPS) is 20.4. The van der Waals surface area contributed by atoms with E-state index in [9.17, 15) is 4.39 Å². The number of nitrogens with zero attached hydrogens (tertiary/aromatic N) is 4. The van der Waals surface area contributed by atoms with E-state index in [1.807, 2.05) is 52.9 Å². The molecule has 0 N–H and O–H groups in total. The molecule has 3 heterocycles. The highest BCUT2D eigenvalue weighted by Gasteiger charge is 2.34. The van der Waals surface area contributed by atoms with E-state index in [1.165, 1.54) is 0 Å². The summed E-state index contributed by atoms with van der Waals surface area (Å²) in [6, 6.07) is 13.5. The van der Waals surface area contributed by atoms with Crippen LogP contribution in [0.4, 0.5) is 4.39 Å². The van der Waals surface area contributed by atoms with Gasteiger partial charge in [0.05, 0.1) is 23.8 Å². The third-order valence-corrected chi connectivity index (χ3v) is 4.96. The number of likely N-dealkylation sites (tertiary alicyclic amines) is 1. The minimum atomic E-state index is -1.02. The van der Waals surface area contributed by atoms with Crippen LogP contribution in [0.25, 0.3) is 11.0 Å². The maximum absolute atomic E-state index is 14.5. The van der Waals surface area contributed by atoms with Crippen LogP contribution in [-0.4, -0.2) is 51.9 Å². The molecule has 1 aliphatic rings. The predicted octanol–water partition coefficient (Wildman–Crippen LogP) is 2.72. The average molecular weight is 370 g/mol. The molecule has 4 rings (SSSR count). The van der Waals surface area contributed by atoms with Gasteiger partial charge >= 0.3 is 0 Å². The van der Waals surface area contributed by atoms with E-state index in [-0.39, 0.29) is 0 Å². The van der Waals surface area contributed by atoms with Crippen LogP contribution < -0.4 is 4.74 Å². The lowest BCUT2D eigenvalue weighted by molar-refractivity contribution is 0.00747. The van der Waals surface area contributed by atoms with Gasteiger partial charge in [-0.05, 0) is 18.2 Å². The second-order valence-electron chi connectivity index (χ2n) is 6.81. The summed E-state index contributed by atoms with van der Waals surface area (Å²) in [5.41, 5.74) is 2.83. The minimum absolute atomic E-state index is 0.293. The topological polar surface area (TPSA) is 52.4 Å². The van der Waals surface area contributed by atoms with E-state index < -0.39 is 12.3 Å². The van der Waals surface area contributed by atoms with E-state index in [4.69, 9.17) is 9.47 Å². The van der Waals surface area contributed by atoms with E-state index in [2.05, 4.69) is 9.97 Å². The zero-order valence-electron chi connectivity index (χ0n) is 15.5. The highest BCUT2D eigenvalue weighted by molar-refractivity contribution is 5.75. The van der Waals surface area contributed by atoms with Crippen LogP contribution in [0.3, 0.4) is 0 Å². The van der Waals surface area contributed by atoms with Crippen molar-refractivity contribution in [3.8, 4) is 5.88 Å². The number of rotatable bonds is 6. The summed E-state index contributed by atoms with van der Waals surface area (Å²) in [5, 5.41) is 0. The average Bonchev–Trinajstić information content (AvgIpc) is 3.19. The number of alkyl halides is 1. The van der Waals surface area contributed by atoms with Crippen molar-refractivity contribution in [2.45, 2.75) is 25.4 Å². The van der Waals surface area contributed by atoms with Gasteiger partial charge in [0.15, 0.2) is 0 Å². The molecule has 2 atom stereocenters. The summed E-state index contributed by atoms with van der Waals surface area (Å²) in [6.07, 6.45) is -1.49. The Kier molecular flexibility index (Phi) is 5.05. The molecule has 1 saturated heterocycles. The first-order valence-corrected chi connectivity index (χ1v) is 9.02. The fraction of sp³-hybridized carbons (Fsp3) is 0.400. The van der Waals surface area contributed by atoms with E-state index in [0.29, 0.717) is 32.1 Å². The van der Waals surface area contributed by atoms with Gasteiger partial charge in [-0.3, -0.25) is 4.90 Å². The summed E-state index contributed by atoms with van der Waals surface area (Å²) in [5.74, 6) is 1.37. The number of pyridine rings is 1. The summed E-state index contributed by atoms with van der Waals surface area (Å²) < 4.78 is 27.5. The highest BCUT2D eigenvalue weighted by atomic mass is 19.1.